The smallest absolute Gasteiger partial charge is 0.311 e. The highest BCUT2D eigenvalue weighted by Gasteiger charge is 2.41. The van der Waals surface area contributed by atoms with Gasteiger partial charge in [0.15, 0.2) is 0 Å². The third-order valence-corrected chi connectivity index (χ3v) is 5.73. The summed E-state index contributed by atoms with van der Waals surface area (Å²) in [4.78, 5) is 24.8. The number of fused-ring (bicyclic) bond motifs is 1. The lowest BCUT2D eigenvalue weighted by atomic mass is 9.90. The number of rotatable bonds is 9. The number of esters is 1. The minimum Gasteiger partial charge on any atom is -0.426 e. The molecule has 1 aliphatic carbocycles. The van der Waals surface area contributed by atoms with Crippen molar-refractivity contribution in [3.8, 4) is 5.75 Å². The summed E-state index contributed by atoms with van der Waals surface area (Å²) in [6.45, 7) is 2.10. The summed E-state index contributed by atoms with van der Waals surface area (Å²) in [5.74, 6) is -1.33. The third kappa shape index (κ3) is 5.77. The predicted molar refractivity (Wildman–Crippen MR) is 116 cm³/mol. The quantitative estimate of drug-likeness (QED) is 0.280. The average Bonchev–Trinajstić information content (AvgIpc) is 2.98. The van der Waals surface area contributed by atoms with E-state index in [9.17, 15) is 19.8 Å². The molecular weight excluding hydrogens is 380 g/mol. The maximum atomic E-state index is 12.5. The standard InChI is InChI=1S/C25H30O5/c1-2-3-4-9-19(26)11-13-21-22(24(28)16-23(21)27)15-25(29)30-20-12-10-17-7-5-6-8-18(17)14-20/h5-8,10-14,19,21-23,26-27H,2-4,9,15-16H2,1H3/t19-,21+,22+,23+/m0/s1. The maximum absolute atomic E-state index is 12.5. The van der Waals surface area contributed by atoms with Gasteiger partial charge in [-0.2, -0.15) is 0 Å². The Morgan fingerprint density at radius 3 is 2.73 bits per heavy atom. The second-order valence-corrected chi connectivity index (χ2v) is 8.06. The molecule has 0 aromatic heterocycles. The largest absolute Gasteiger partial charge is 0.426 e. The van der Waals surface area contributed by atoms with Gasteiger partial charge in [-0.1, -0.05) is 68.7 Å². The summed E-state index contributed by atoms with van der Waals surface area (Å²) in [7, 11) is 0. The Kier molecular flexibility index (Phi) is 7.77. The molecule has 30 heavy (non-hydrogen) atoms. The molecule has 0 aliphatic heterocycles. The SMILES string of the molecule is CCCCC[C@H](O)C=C[C@H]1[C@H](O)CC(=O)[C@@H]1CC(=O)Oc1ccc2ccccc2c1. The highest BCUT2D eigenvalue weighted by molar-refractivity contribution is 5.89. The Labute approximate surface area is 177 Å². The molecule has 3 rings (SSSR count). The number of aliphatic hydroxyl groups excluding tert-OH is 2. The topological polar surface area (TPSA) is 83.8 Å². The number of carbonyl (C=O) groups is 2. The van der Waals surface area contributed by atoms with Gasteiger partial charge in [-0.3, -0.25) is 9.59 Å². The Hall–Kier alpha value is -2.50. The van der Waals surface area contributed by atoms with Gasteiger partial charge in [-0.25, -0.2) is 0 Å². The fourth-order valence-electron chi connectivity index (χ4n) is 4.03. The Morgan fingerprint density at radius 2 is 1.97 bits per heavy atom. The van der Waals surface area contributed by atoms with Gasteiger partial charge in [0.25, 0.3) is 0 Å². The Morgan fingerprint density at radius 1 is 1.20 bits per heavy atom. The van der Waals surface area contributed by atoms with Crippen molar-refractivity contribution in [2.24, 2.45) is 11.8 Å². The molecule has 5 nitrogen and oxygen atoms in total. The Balaban J connectivity index is 1.61. The first-order valence-electron chi connectivity index (χ1n) is 10.7. The number of hydrogen-bond donors (Lipinski definition) is 2. The fraction of sp³-hybridized carbons (Fsp3) is 0.440. The number of Topliss-reactive ketones (excluding diaryl/α,β-unsaturated/α-hetero) is 1. The van der Waals surface area contributed by atoms with Crippen molar-refractivity contribution in [1.29, 1.82) is 0 Å². The van der Waals surface area contributed by atoms with Crippen molar-refractivity contribution in [1.82, 2.24) is 0 Å². The lowest BCUT2D eigenvalue weighted by molar-refractivity contribution is -0.138. The molecule has 0 bridgehead atoms. The summed E-state index contributed by atoms with van der Waals surface area (Å²) in [6, 6.07) is 13.2. The van der Waals surface area contributed by atoms with E-state index in [1.807, 2.05) is 30.3 Å². The molecule has 0 saturated heterocycles. The van der Waals surface area contributed by atoms with Gasteiger partial charge in [-0.15, -0.1) is 0 Å². The summed E-state index contributed by atoms with van der Waals surface area (Å²) < 4.78 is 5.46. The number of aliphatic hydroxyl groups is 2. The summed E-state index contributed by atoms with van der Waals surface area (Å²) in [5.41, 5.74) is 0. The fourth-order valence-corrected chi connectivity index (χ4v) is 4.03. The van der Waals surface area contributed by atoms with Crippen molar-refractivity contribution in [2.75, 3.05) is 0 Å². The normalized spacial score (nSPS) is 22.6. The van der Waals surface area contributed by atoms with Gasteiger partial charge in [0.2, 0.25) is 0 Å². The Bertz CT molecular complexity index is 903. The van der Waals surface area contributed by atoms with E-state index in [0.717, 1.165) is 30.0 Å². The van der Waals surface area contributed by atoms with E-state index in [2.05, 4.69) is 6.92 Å². The van der Waals surface area contributed by atoms with Crippen molar-refractivity contribution in [3.63, 3.8) is 0 Å². The number of unbranched alkanes of at least 4 members (excludes halogenated alkanes) is 2. The second-order valence-electron chi connectivity index (χ2n) is 8.06. The minimum absolute atomic E-state index is 0.0227. The average molecular weight is 411 g/mol. The zero-order valence-electron chi connectivity index (χ0n) is 17.4. The number of carbonyl (C=O) groups excluding carboxylic acids is 2. The lowest BCUT2D eigenvalue weighted by Gasteiger charge is -2.17. The van der Waals surface area contributed by atoms with Crippen LogP contribution in [-0.4, -0.2) is 34.2 Å². The van der Waals surface area contributed by atoms with Crippen LogP contribution < -0.4 is 4.74 Å². The molecule has 2 aromatic rings. The molecule has 0 radical (unpaired) electrons. The van der Waals surface area contributed by atoms with Crippen LogP contribution in [0.5, 0.6) is 5.75 Å². The van der Waals surface area contributed by atoms with Crippen LogP contribution in [0.25, 0.3) is 10.8 Å². The highest BCUT2D eigenvalue weighted by Crippen LogP contribution is 2.33. The van der Waals surface area contributed by atoms with E-state index in [-0.39, 0.29) is 18.6 Å². The van der Waals surface area contributed by atoms with E-state index in [1.54, 1.807) is 24.3 Å². The summed E-state index contributed by atoms with van der Waals surface area (Å²) >= 11 is 0. The van der Waals surface area contributed by atoms with Crippen molar-refractivity contribution >= 4 is 22.5 Å². The molecule has 1 saturated carbocycles. The van der Waals surface area contributed by atoms with Crippen LogP contribution in [0, 0.1) is 11.8 Å². The molecule has 2 aromatic carbocycles. The van der Waals surface area contributed by atoms with Crippen LogP contribution in [0.3, 0.4) is 0 Å². The lowest BCUT2D eigenvalue weighted by Crippen LogP contribution is -2.24. The first kappa shape index (κ1) is 22.2. The molecule has 0 heterocycles. The first-order chi connectivity index (χ1) is 14.5. The van der Waals surface area contributed by atoms with E-state index in [0.29, 0.717) is 12.2 Å². The molecule has 2 N–H and O–H groups in total. The van der Waals surface area contributed by atoms with Crippen LogP contribution in [0.4, 0.5) is 0 Å². The molecule has 160 valence electrons. The minimum atomic E-state index is -0.838. The summed E-state index contributed by atoms with van der Waals surface area (Å²) in [6.07, 6.45) is 5.53. The van der Waals surface area contributed by atoms with Crippen LogP contribution >= 0.6 is 0 Å². The highest BCUT2D eigenvalue weighted by atomic mass is 16.5. The van der Waals surface area contributed by atoms with Gasteiger partial charge < -0.3 is 14.9 Å². The van der Waals surface area contributed by atoms with Crippen LogP contribution in [-0.2, 0) is 9.59 Å². The van der Waals surface area contributed by atoms with Gasteiger partial charge in [0.05, 0.1) is 18.6 Å². The van der Waals surface area contributed by atoms with E-state index in [4.69, 9.17) is 4.74 Å². The molecular formula is C25H30O5. The van der Waals surface area contributed by atoms with E-state index < -0.39 is 30.0 Å². The van der Waals surface area contributed by atoms with Crippen molar-refractivity contribution in [2.45, 2.75) is 57.7 Å². The molecule has 5 heteroatoms. The molecule has 1 aliphatic rings. The predicted octanol–water partition coefficient (Wildman–Crippen LogP) is 4.20. The monoisotopic (exact) mass is 410 g/mol. The zero-order chi connectivity index (χ0) is 21.5. The van der Waals surface area contributed by atoms with Crippen LogP contribution in [0.15, 0.2) is 54.6 Å². The first-order valence-corrected chi connectivity index (χ1v) is 10.7. The maximum Gasteiger partial charge on any atom is 0.311 e. The van der Waals surface area contributed by atoms with Gasteiger partial charge in [-0.05, 0) is 29.3 Å². The number of benzene rings is 2. The van der Waals surface area contributed by atoms with Gasteiger partial charge in [0, 0.05) is 18.3 Å². The molecule has 1 fully saturated rings. The van der Waals surface area contributed by atoms with Crippen LogP contribution in [0.2, 0.25) is 0 Å². The molecule has 0 amide bonds. The second kappa shape index (κ2) is 10.5. The van der Waals surface area contributed by atoms with E-state index >= 15 is 0 Å². The number of ketones is 1. The number of ether oxygens (including phenoxy) is 1. The van der Waals surface area contributed by atoms with Gasteiger partial charge in [0.1, 0.15) is 11.5 Å². The third-order valence-electron chi connectivity index (χ3n) is 5.73. The molecule has 4 atom stereocenters. The zero-order valence-corrected chi connectivity index (χ0v) is 17.4. The van der Waals surface area contributed by atoms with E-state index in [1.165, 1.54) is 0 Å². The molecule has 0 spiro atoms. The van der Waals surface area contributed by atoms with Crippen molar-refractivity contribution in [3.05, 3.63) is 54.6 Å². The molecule has 0 unspecified atom stereocenters. The summed E-state index contributed by atoms with van der Waals surface area (Å²) in [5, 5.41) is 22.4. The van der Waals surface area contributed by atoms with Crippen LogP contribution in [0.1, 0.15) is 45.4 Å². The van der Waals surface area contributed by atoms with Gasteiger partial charge >= 0.3 is 5.97 Å². The number of hydrogen-bond acceptors (Lipinski definition) is 5. The van der Waals surface area contributed by atoms with Crippen molar-refractivity contribution < 1.29 is 24.5 Å².